The van der Waals surface area contributed by atoms with Crippen LogP contribution in [0.15, 0.2) is 54.6 Å². The van der Waals surface area contributed by atoms with E-state index in [-0.39, 0.29) is 18.0 Å². The van der Waals surface area contributed by atoms with Gasteiger partial charge in [-0.15, -0.1) is 0 Å². The molecule has 7 heteroatoms. The Hall–Kier alpha value is -3.22. The summed E-state index contributed by atoms with van der Waals surface area (Å²) in [6.45, 7) is 1.77. The van der Waals surface area contributed by atoms with E-state index in [4.69, 9.17) is 0 Å². The highest BCUT2D eigenvalue weighted by atomic mass is 16.6. The van der Waals surface area contributed by atoms with Crippen molar-refractivity contribution in [1.29, 1.82) is 0 Å². The lowest BCUT2D eigenvalue weighted by Crippen LogP contribution is -2.26. The van der Waals surface area contributed by atoms with E-state index in [1.165, 1.54) is 24.3 Å². The van der Waals surface area contributed by atoms with Gasteiger partial charge in [-0.2, -0.15) is 0 Å². The zero-order valence-electron chi connectivity index (χ0n) is 13.6. The zero-order valence-corrected chi connectivity index (χ0v) is 13.6. The second-order valence-electron chi connectivity index (χ2n) is 5.70. The number of rotatable bonds is 7. The Balaban J connectivity index is 2.05. The molecule has 130 valence electrons. The van der Waals surface area contributed by atoms with E-state index in [2.05, 4.69) is 5.32 Å². The van der Waals surface area contributed by atoms with Gasteiger partial charge in [0, 0.05) is 24.2 Å². The normalized spacial score (nSPS) is 12.8. The first-order valence-corrected chi connectivity index (χ1v) is 7.70. The first-order chi connectivity index (χ1) is 11.9. The Morgan fingerprint density at radius 2 is 1.72 bits per heavy atom. The molecule has 0 fully saturated rings. The maximum absolute atomic E-state index is 12.2. The van der Waals surface area contributed by atoms with E-state index in [1.54, 1.807) is 6.92 Å². The lowest BCUT2D eigenvalue weighted by atomic mass is 9.85. The highest BCUT2D eigenvalue weighted by Gasteiger charge is 2.28. The molecular formula is C18H18N2O5. The van der Waals surface area contributed by atoms with Gasteiger partial charge in [0.05, 0.1) is 10.8 Å². The van der Waals surface area contributed by atoms with Crippen LogP contribution >= 0.6 is 0 Å². The van der Waals surface area contributed by atoms with Gasteiger partial charge in [0.25, 0.3) is 5.69 Å². The van der Waals surface area contributed by atoms with Crippen LogP contribution in [0.1, 0.15) is 24.8 Å². The number of hydrogen-bond acceptors (Lipinski definition) is 4. The number of nitrogens with zero attached hydrogens (tertiary/aromatic N) is 1. The molecule has 2 atom stereocenters. The number of amides is 1. The van der Waals surface area contributed by atoms with E-state index in [9.17, 15) is 24.8 Å². The number of benzene rings is 2. The number of non-ortho nitro benzene ring substituents is 1. The Labute approximate surface area is 144 Å². The fourth-order valence-corrected chi connectivity index (χ4v) is 2.55. The second-order valence-corrected chi connectivity index (χ2v) is 5.70. The molecule has 25 heavy (non-hydrogen) atoms. The van der Waals surface area contributed by atoms with Crippen molar-refractivity contribution in [2.24, 2.45) is 5.92 Å². The molecule has 0 saturated carbocycles. The van der Waals surface area contributed by atoms with Crippen LogP contribution in [0.25, 0.3) is 0 Å². The molecule has 0 bridgehead atoms. The average Bonchev–Trinajstić information content (AvgIpc) is 2.60. The smallest absolute Gasteiger partial charge is 0.307 e. The van der Waals surface area contributed by atoms with E-state index in [1.807, 2.05) is 30.3 Å². The number of nitrogens with one attached hydrogen (secondary N) is 1. The minimum Gasteiger partial charge on any atom is -0.481 e. The largest absolute Gasteiger partial charge is 0.481 e. The minimum absolute atomic E-state index is 0.0842. The molecule has 0 spiro atoms. The quantitative estimate of drug-likeness (QED) is 0.592. The molecule has 0 aliphatic heterocycles. The summed E-state index contributed by atoms with van der Waals surface area (Å²) in [6, 6.07) is 14.5. The Bertz CT molecular complexity index is 759. The van der Waals surface area contributed by atoms with Gasteiger partial charge >= 0.3 is 5.97 Å². The van der Waals surface area contributed by atoms with Crippen molar-refractivity contribution in [1.82, 2.24) is 0 Å². The average molecular weight is 342 g/mol. The Kier molecular flexibility index (Phi) is 5.84. The summed E-state index contributed by atoms with van der Waals surface area (Å²) >= 11 is 0. The first kappa shape index (κ1) is 18.1. The van der Waals surface area contributed by atoms with Crippen molar-refractivity contribution >= 4 is 23.3 Å². The highest BCUT2D eigenvalue weighted by Crippen LogP contribution is 2.27. The number of carbonyl (C=O) groups is 2. The van der Waals surface area contributed by atoms with E-state index in [0.717, 1.165) is 5.56 Å². The number of carbonyl (C=O) groups excluding carboxylic acids is 1. The van der Waals surface area contributed by atoms with Gasteiger partial charge in [-0.3, -0.25) is 19.7 Å². The molecule has 2 aromatic rings. The van der Waals surface area contributed by atoms with Gasteiger partial charge in [0.2, 0.25) is 5.91 Å². The van der Waals surface area contributed by atoms with Gasteiger partial charge in [0.15, 0.2) is 0 Å². The second kappa shape index (κ2) is 8.05. The monoisotopic (exact) mass is 342 g/mol. The lowest BCUT2D eigenvalue weighted by molar-refractivity contribution is -0.384. The van der Waals surface area contributed by atoms with E-state index in [0.29, 0.717) is 5.69 Å². The number of anilines is 1. The molecule has 7 nitrogen and oxygen atoms in total. The summed E-state index contributed by atoms with van der Waals surface area (Å²) in [6.07, 6.45) is -0.192. The fourth-order valence-electron chi connectivity index (χ4n) is 2.55. The molecule has 0 unspecified atom stereocenters. The molecule has 2 aromatic carbocycles. The molecular weight excluding hydrogens is 324 g/mol. The maximum atomic E-state index is 12.2. The van der Waals surface area contributed by atoms with Crippen molar-refractivity contribution in [3.63, 3.8) is 0 Å². The Morgan fingerprint density at radius 1 is 1.12 bits per heavy atom. The molecule has 0 radical (unpaired) electrons. The third-order valence-corrected chi connectivity index (χ3v) is 4.01. The summed E-state index contributed by atoms with van der Waals surface area (Å²) < 4.78 is 0. The van der Waals surface area contributed by atoms with Crippen LogP contribution in [0.5, 0.6) is 0 Å². The minimum atomic E-state index is -1.05. The van der Waals surface area contributed by atoms with E-state index < -0.39 is 22.7 Å². The number of aliphatic carboxylic acids is 1. The van der Waals surface area contributed by atoms with E-state index >= 15 is 0 Å². The van der Waals surface area contributed by atoms with Crippen LogP contribution in [0, 0.1) is 16.0 Å². The predicted molar refractivity (Wildman–Crippen MR) is 92.3 cm³/mol. The molecule has 2 N–H and O–H groups in total. The van der Waals surface area contributed by atoms with Crippen LogP contribution in [-0.4, -0.2) is 21.9 Å². The zero-order chi connectivity index (χ0) is 18.4. The summed E-state index contributed by atoms with van der Waals surface area (Å²) in [5.41, 5.74) is 1.14. The van der Waals surface area contributed by atoms with Gasteiger partial charge in [-0.05, 0) is 23.6 Å². The molecule has 0 heterocycles. The van der Waals surface area contributed by atoms with Crippen LogP contribution in [0.4, 0.5) is 11.4 Å². The van der Waals surface area contributed by atoms with Crippen molar-refractivity contribution in [2.75, 3.05) is 5.32 Å². The maximum Gasteiger partial charge on any atom is 0.307 e. The predicted octanol–water partition coefficient (Wildman–Crippen LogP) is 3.43. The Morgan fingerprint density at radius 3 is 2.24 bits per heavy atom. The molecule has 2 rings (SSSR count). The van der Waals surface area contributed by atoms with Crippen LogP contribution in [-0.2, 0) is 9.59 Å². The number of hydrogen-bond donors (Lipinski definition) is 2. The van der Waals surface area contributed by atoms with Crippen LogP contribution in [0.3, 0.4) is 0 Å². The summed E-state index contributed by atoms with van der Waals surface area (Å²) in [7, 11) is 0. The topological polar surface area (TPSA) is 110 Å². The van der Waals surface area contributed by atoms with Crippen molar-refractivity contribution in [2.45, 2.75) is 19.3 Å². The first-order valence-electron chi connectivity index (χ1n) is 7.70. The van der Waals surface area contributed by atoms with Crippen LogP contribution < -0.4 is 5.32 Å². The molecule has 0 aromatic heterocycles. The number of carboxylic acid groups (broad SMARTS) is 1. The number of nitro benzene ring substituents is 1. The fraction of sp³-hybridized carbons (Fsp3) is 0.222. The molecule has 0 aliphatic rings. The number of nitro groups is 1. The molecule has 0 saturated heterocycles. The SMILES string of the molecule is C[C@@H](c1ccccc1)[C@H](CC(=O)Nc1ccc([N+](=O)[O-])cc1)C(=O)O. The molecule has 0 aliphatic carbocycles. The van der Waals surface area contributed by atoms with Crippen molar-refractivity contribution in [3.8, 4) is 0 Å². The van der Waals surface area contributed by atoms with Gasteiger partial charge < -0.3 is 10.4 Å². The van der Waals surface area contributed by atoms with Crippen molar-refractivity contribution < 1.29 is 19.6 Å². The third kappa shape index (κ3) is 4.87. The summed E-state index contributed by atoms with van der Waals surface area (Å²) in [5, 5.41) is 22.7. The summed E-state index contributed by atoms with van der Waals surface area (Å²) in [4.78, 5) is 33.8. The van der Waals surface area contributed by atoms with Crippen molar-refractivity contribution in [3.05, 3.63) is 70.3 Å². The number of carboxylic acids is 1. The van der Waals surface area contributed by atoms with Gasteiger partial charge in [0.1, 0.15) is 0 Å². The van der Waals surface area contributed by atoms with Gasteiger partial charge in [-0.1, -0.05) is 37.3 Å². The molecule has 1 amide bonds. The summed E-state index contributed by atoms with van der Waals surface area (Å²) in [5.74, 6) is -2.71. The van der Waals surface area contributed by atoms with Crippen LogP contribution in [0.2, 0.25) is 0 Å². The van der Waals surface area contributed by atoms with Gasteiger partial charge in [-0.25, -0.2) is 0 Å². The standard InChI is InChI=1S/C18H18N2O5/c1-12(13-5-3-2-4-6-13)16(18(22)23)11-17(21)19-14-7-9-15(10-8-14)20(24)25/h2-10,12,16H,11H2,1H3,(H,19,21)(H,22,23)/t12-,16-/m0/s1. The third-order valence-electron chi connectivity index (χ3n) is 4.01. The highest BCUT2D eigenvalue weighted by molar-refractivity contribution is 5.93. The lowest BCUT2D eigenvalue weighted by Gasteiger charge is -2.20.